The predicted molar refractivity (Wildman–Crippen MR) is 213 cm³/mol. The van der Waals surface area contributed by atoms with Crippen molar-refractivity contribution in [2.45, 2.75) is 77.5 Å². The molecular weight excluding hydrogens is 728 g/mol. The number of hydrogen-bond acceptors (Lipinski definition) is 14. The van der Waals surface area contributed by atoms with Crippen LogP contribution < -0.4 is 0 Å². The van der Waals surface area contributed by atoms with Gasteiger partial charge in [0.15, 0.2) is 0 Å². The van der Waals surface area contributed by atoms with E-state index in [2.05, 4.69) is 104 Å². The first-order valence-corrected chi connectivity index (χ1v) is 19.4. The summed E-state index contributed by atoms with van der Waals surface area (Å²) in [7, 11) is 8.26. The lowest BCUT2D eigenvalue weighted by atomic mass is 10.1. The molecule has 0 unspecified atom stereocenters. The third-order valence-corrected chi connectivity index (χ3v) is 10.4. The molecule has 0 radical (unpaired) electrons. The van der Waals surface area contributed by atoms with E-state index in [0.717, 1.165) is 43.3 Å². The minimum absolute atomic E-state index is 0.181. The van der Waals surface area contributed by atoms with E-state index in [1.54, 1.807) is 0 Å². The number of benzene rings is 2. The molecule has 0 fully saturated rings. The molecule has 57 heavy (non-hydrogen) atoms. The Morgan fingerprint density at radius 2 is 1.19 bits per heavy atom. The average molecular weight is 781 g/mol. The van der Waals surface area contributed by atoms with Crippen LogP contribution in [0.4, 0.5) is 4.39 Å². The molecule has 3 atom stereocenters. The minimum Gasteiger partial charge on any atom is -0.380 e. The van der Waals surface area contributed by atoms with Gasteiger partial charge in [-0.2, -0.15) is 15.0 Å². The summed E-state index contributed by atoms with van der Waals surface area (Å²) in [6, 6.07) is 20.2. The van der Waals surface area contributed by atoms with Crippen LogP contribution >= 0.6 is 0 Å². The van der Waals surface area contributed by atoms with Gasteiger partial charge in [0.1, 0.15) is 11.5 Å². The molecule has 0 aliphatic rings. The first-order chi connectivity index (χ1) is 27.5. The van der Waals surface area contributed by atoms with Gasteiger partial charge in [-0.05, 0) is 85.1 Å². The summed E-state index contributed by atoms with van der Waals surface area (Å²) in [4.78, 5) is 24.3. The summed E-state index contributed by atoms with van der Waals surface area (Å²) >= 11 is 0. The van der Waals surface area contributed by atoms with Crippen LogP contribution in [-0.4, -0.2) is 116 Å². The predicted octanol–water partition coefficient (Wildman–Crippen LogP) is 6.44. The Kier molecular flexibility index (Phi) is 14.4. The zero-order valence-corrected chi connectivity index (χ0v) is 33.9. The van der Waals surface area contributed by atoms with Crippen molar-refractivity contribution in [2.75, 3.05) is 47.9 Å². The average Bonchev–Trinajstić information content (AvgIpc) is 4.00. The van der Waals surface area contributed by atoms with Crippen molar-refractivity contribution in [1.82, 2.24) is 50.1 Å². The van der Waals surface area contributed by atoms with Gasteiger partial charge in [-0.25, -0.2) is 9.37 Å². The van der Waals surface area contributed by atoms with E-state index < -0.39 is 5.82 Å². The molecule has 0 spiro atoms. The van der Waals surface area contributed by atoms with E-state index in [1.165, 1.54) is 23.3 Å². The maximum atomic E-state index is 13.2. The van der Waals surface area contributed by atoms with Crippen LogP contribution in [0.1, 0.15) is 56.0 Å². The second kappa shape index (κ2) is 19.8. The topological polar surface area (TPSA) is 149 Å². The zero-order chi connectivity index (χ0) is 40.3. The molecule has 6 rings (SSSR count). The van der Waals surface area contributed by atoms with Crippen LogP contribution in [-0.2, 0) is 37.0 Å². The van der Waals surface area contributed by atoms with Crippen molar-refractivity contribution in [2.24, 2.45) is 0 Å². The Balaban J connectivity index is 0.871. The lowest BCUT2D eigenvalue weighted by Gasteiger charge is -2.24. The monoisotopic (exact) mass is 780 g/mol. The van der Waals surface area contributed by atoms with Gasteiger partial charge in [-0.1, -0.05) is 64.0 Å². The van der Waals surface area contributed by atoms with Crippen LogP contribution in [0.25, 0.3) is 34.3 Å². The molecule has 0 bridgehead atoms. The molecule has 0 amide bonds. The van der Waals surface area contributed by atoms with Gasteiger partial charge in [0, 0.05) is 61.6 Å². The fraction of sp³-hybridized carbons (Fsp3) is 0.452. The highest BCUT2D eigenvalue weighted by Gasteiger charge is 2.18. The quantitative estimate of drug-likeness (QED) is 0.0738. The van der Waals surface area contributed by atoms with Gasteiger partial charge >= 0.3 is 0 Å². The molecule has 0 saturated heterocycles. The van der Waals surface area contributed by atoms with Crippen molar-refractivity contribution in [3.8, 4) is 34.3 Å². The Bertz CT molecular complexity index is 2100. The molecule has 14 nitrogen and oxygen atoms in total. The maximum absolute atomic E-state index is 13.2. The summed E-state index contributed by atoms with van der Waals surface area (Å²) in [6.45, 7) is 9.28. The summed E-state index contributed by atoms with van der Waals surface area (Å²) in [5.41, 5.74) is 4.69. The fourth-order valence-electron chi connectivity index (χ4n) is 6.02. The second-order valence-electron chi connectivity index (χ2n) is 15.0. The Hall–Kier alpha value is -5.22. The van der Waals surface area contributed by atoms with E-state index in [1.807, 2.05) is 38.4 Å². The third-order valence-electron chi connectivity index (χ3n) is 10.4. The molecule has 6 aromatic rings. The molecule has 4 aromatic heterocycles. The lowest BCUT2D eigenvalue weighted by Crippen LogP contribution is -2.32. The van der Waals surface area contributed by atoms with Crippen LogP contribution in [0.15, 0.2) is 80.4 Å². The lowest BCUT2D eigenvalue weighted by molar-refractivity contribution is 0.101. The van der Waals surface area contributed by atoms with Crippen LogP contribution in [0.2, 0.25) is 0 Å². The summed E-state index contributed by atoms with van der Waals surface area (Å²) in [5, 5.41) is 12.4. The Morgan fingerprint density at radius 3 is 1.81 bits per heavy atom. The van der Waals surface area contributed by atoms with Gasteiger partial charge in [0.05, 0.1) is 19.4 Å². The van der Waals surface area contributed by atoms with E-state index in [0.29, 0.717) is 85.4 Å². The van der Waals surface area contributed by atoms with Gasteiger partial charge < -0.3 is 28.1 Å². The normalized spacial score (nSPS) is 13.5. The Morgan fingerprint density at radius 1 is 0.614 bits per heavy atom. The number of pyridine rings is 1. The highest BCUT2D eigenvalue weighted by atomic mass is 19.1. The zero-order valence-electron chi connectivity index (χ0n) is 33.9. The van der Waals surface area contributed by atoms with E-state index >= 15 is 0 Å². The van der Waals surface area contributed by atoms with Crippen molar-refractivity contribution < 1.29 is 22.7 Å². The standard InChI is InChI=1S/C42H53FN10O4/c1-28(8-19-37-45-42(50-55-37)36-18-17-35(43)26-44-36)52(6)21-23-54-22-20-31-9-13-33(14-10-31)40-47-39(57-49-40)25-30(3)53(7)27-32-11-15-34(16-12-32)41-46-38(56-48-41)24-29(2)51(4)5/h9-18,26,28-30H,8,19-25,27H2,1-7H3/t28-,29-,30-/m1/s1. The molecular formula is C42H53FN10O4. The highest BCUT2D eigenvalue weighted by Crippen LogP contribution is 2.21. The first-order valence-electron chi connectivity index (χ1n) is 19.4. The van der Waals surface area contributed by atoms with Crippen LogP contribution in [0.3, 0.4) is 0 Å². The van der Waals surface area contributed by atoms with Crippen molar-refractivity contribution >= 4 is 0 Å². The number of hydrogen-bond donors (Lipinski definition) is 0. The van der Waals surface area contributed by atoms with Crippen molar-refractivity contribution in [3.63, 3.8) is 0 Å². The van der Waals surface area contributed by atoms with Crippen LogP contribution in [0.5, 0.6) is 0 Å². The van der Waals surface area contributed by atoms with Gasteiger partial charge in [-0.3, -0.25) is 4.90 Å². The number of ether oxygens (including phenoxy) is 1. The number of rotatable bonds is 21. The minimum atomic E-state index is -0.405. The molecule has 0 aliphatic heterocycles. The van der Waals surface area contributed by atoms with E-state index in [-0.39, 0.29) is 6.04 Å². The molecule has 0 saturated carbocycles. The maximum Gasteiger partial charge on any atom is 0.228 e. The number of likely N-dealkylation sites (N-methyl/N-ethyl adjacent to an activating group) is 3. The largest absolute Gasteiger partial charge is 0.380 e. The van der Waals surface area contributed by atoms with Gasteiger partial charge in [-0.15, -0.1) is 0 Å². The fourth-order valence-corrected chi connectivity index (χ4v) is 6.02. The molecule has 0 aliphatic carbocycles. The summed E-state index contributed by atoms with van der Waals surface area (Å²) in [5.74, 6) is 2.93. The first kappa shape index (κ1) is 41.4. The van der Waals surface area contributed by atoms with Crippen molar-refractivity contribution in [3.05, 3.63) is 101 Å². The van der Waals surface area contributed by atoms with E-state index in [4.69, 9.17) is 23.3 Å². The summed E-state index contributed by atoms with van der Waals surface area (Å²) < 4.78 is 35.6. The molecule has 302 valence electrons. The van der Waals surface area contributed by atoms with Gasteiger partial charge in [0.2, 0.25) is 35.1 Å². The molecule has 2 aromatic carbocycles. The molecule has 0 N–H and O–H groups in total. The summed E-state index contributed by atoms with van der Waals surface area (Å²) in [6.07, 6.45) is 4.78. The molecule has 4 heterocycles. The SMILES string of the molecule is C[C@H](Cc1nc(-c2ccc(CN(C)[C@H](C)Cc3nc(-c4ccc(CCOCCN(C)[C@H](C)CCc5nc(-c6ccc(F)cn6)no5)cc4)no3)cc2)no1)N(C)C. The number of aryl methyl sites for hydroxylation is 1. The second-order valence-corrected chi connectivity index (χ2v) is 15.0. The van der Waals surface area contributed by atoms with Gasteiger partial charge in [0.25, 0.3) is 0 Å². The molecule has 15 heteroatoms. The third kappa shape index (κ3) is 11.9. The number of halogens is 1. The highest BCUT2D eigenvalue weighted by molar-refractivity contribution is 5.55. The smallest absolute Gasteiger partial charge is 0.228 e. The van der Waals surface area contributed by atoms with Crippen molar-refractivity contribution in [1.29, 1.82) is 0 Å². The number of aromatic nitrogens is 7. The Labute approximate surface area is 333 Å². The number of nitrogens with zero attached hydrogens (tertiary/aromatic N) is 10. The van der Waals surface area contributed by atoms with E-state index in [9.17, 15) is 4.39 Å². The van der Waals surface area contributed by atoms with Crippen LogP contribution in [0, 0.1) is 5.82 Å².